The van der Waals surface area contributed by atoms with Gasteiger partial charge < -0.3 is 15.4 Å². The fourth-order valence-corrected chi connectivity index (χ4v) is 2.91. The van der Waals surface area contributed by atoms with E-state index in [0.717, 1.165) is 24.7 Å². The van der Waals surface area contributed by atoms with Crippen LogP contribution in [0.1, 0.15) is 23.5 Å². The number of rotatable bonds is 6. The van der Waals surface area contributed by atoms with Crippen LogP contribution in [0.25, 0.3) is 0 Å². The minimum absolute atomic E-state index is 0.486. The monoisotopic (exact) mass is 323 g/mol. The molecule has 0 saturated heterocycles. The molecule has 4 heteroatoms. The standard InChI is InChI=1S/C20H25N3O/c1-21-20(22-13-12-15-8-10-17(24-2)11-9-15)23-19-14-18(19)16-6-4-3-5-7-16/h3-11,18-19H,12-14H2,1-2H3,(H2,21,22,23). The van der Waals surface area contributed by atoms with Crippen LogP contribution in [0.2, 0.25) is 0 Å². The molecular weight excluding hydrogens is 298 g/mol. The molecule has 0 spiro atoms. The Labute approximate surface area is 144 Å². The number of ether oxygens (including phenoxy) is 1. The Kier molecular flexibility index (Phi) is 5.36. The molecule has 2 unspecified atom stereocenters. The van der Waals surface area contributed by atoms with E-state index in [-0.39, 0.29) is 0 Å². The van der Waals surface area contributed by atoms with Gasteiger partial charge in [0.15, 0.2) is 5.96 Å². The van der Waals surface area contributed by atoms with E-state index in [2.05, 4.69) is 58.1 Å². The molecule has 126 valence electrons. The van der Waals surface area contributed by atoms with E-state index in [9.17, 15) is 0 Å². The number of hydrogen-bond donors (Lipinski definition) is 2. The van der Waals surface area contributed by atoms with Crippen molar-refractivity contribution in [3.63, 3.8) is 0 Å². The fourth-order valence-electron chi connectivity index (χ4n) is 2.91. The summed E-state index contributed by atoms with van der Waals surface area (Å²) in [6.45, 7) is 0.856. The molecule has 1 fully saturated rings. The Morgan fingerprint density at radius 3 is 2.54 bits per heavy atom. The lowest BCUT2D eigenvalue weighted by atomic mass is 10.1. The van der Waals surface area contributed by atoms with E-state index >= 15 is 0 Å². The molecule has 0 aromatic heterocycles. The van der Waals surface area contributed by atoms with Crippen LogP contribution in [0.15, 0.2) is 59.6 Å². The van der Waals surface area contributed by atoms with Gasteiger partial charge in [0.25, 0.3) is 0 Å². The summed E-state index contributed by atoms with van der Waals surface area (Å²) in [7, 11) is 3.51. The van der Waals surface area contributed by atoms with E-state index < -0.39 is 0 Å². The molecule has 2 N–H and O–H groups in total. The summed E-state index contributed by atoms with van der Waals surface area (Å²) in [6.07, 6.45) is 2.13. The molecular formula is C20H25N3O. The number of nitrogens with zero attached hydrogens (tertiary/aromatic N) is 1. The van der Waals surface area contributed by atoms with Gasteiger partial charge in [-0.25, -0.2) is 0 Å². The maximum Gasteiger partial charge on any atom is 0.191 e. The van der Waals surface area contributed by atoms with Crippen LogP contribution in [-0.2, 0) is 6.42 Å². The lowest BCUT2D eigenvalue weighted by Crippen LogP contribution is -2.39. The second-order valence-electron chi connectivity index (χ2n) is 6.10. The Balaban J connectivity index is 1.43. The lowest BCUT2D eigenvalue weighted by molar-refractivity contribution is 0.414. The van der Waals surface area contributed by atoms with E-state index in [1.54, 1.807) is 7.11 Å². The second-order valence-corrected chi connectivity index (χ2v) is 6.10. The molecule has 1 saturated carbocycles. The fraction of sp³-hybridized carbons (Fsp3) is 0.350. The zero-order valence-corrected chi connectivity index (χ0v) is 14.3. The largest absolute Gasteiger partial charge is 0.497 e. The van der Waals surface area contributed by atoms with Crippen LogP contribution < -0.4 is 15.4 Å². The van der Waals surface area contributed by atoms with Crippen molar-refractivity contribution in [1.29, 1.82) is 0 Å². The zero-order chi connectivity index (χ0) is 16.8. The van der Waals surface area contributed by atoms with E-state index in [1.807, 2.05) is 19.2 Å². The Morgan fingerprint density at radius 1 is 1.12 bits per heavy atom. The van der Waals surface area contributed by atoms with Gasteiger partial charge >= 0.3 is 0 Å². The van der Waals surface area contributed by atoms with Crippen LogP contribution in [-0.4, -0.2) is 32.7 Å². The summed E-state index contributed by atoms with van der Waals surface area (Å²) in [5, 5.41) is 6.91. The molecule has 0 heterocycles. The van der Waals surface area contributed by atoms with Crippen LogP contribution >= 0.6 is 0 Å². The first-order valence-corrected chi connectivity index (χ1v) is 8.45. The number of benzene rings is 2. The molecule has 1 aliphatic carbocycles. The highest BCUT2D eigenvalue weighted by Gasteiger charge is 2.38. The summed E-state index contributed by atoms with van der Waals surface area (Å²) in [5.41, 5.74) is 2.69. The van der Waals surface area contributed by atoms with Crippen molar-refractivity contribution in [2.24, 2.45) is 4.99 Å². The summed E-state index contributed by atoms with van der Waals surface area (Å²) >= 11 is 0. The van der Waals surface area contributed by atoms with Crippen molar-refractivity contribution in [3.05, 3.63) is 65.7 Å². The van der Waals surface area contributed by atoms with Gasteiger partial charge in [0.1, 0.15) is 5.75 Å². The quantitative estimate of drug-likeness (QED) is 0.635. The van der Waals surface area contributed by atoms with Crippen LogP contribution in [0, 0.1) is 0 Å². The van der Waals surface area contributed by atoms with Crippen LogP contribution in [0.4, 0.5) is 0 Å². The van der Waals surface area contributed by atoms with Gasteiger partial charge in [-0.2, -0.15) is 0 Å². The molecule has 2 atom stereocenters. The molecule has 0 radical (unpaired) electrons. The minimum Gasteiger partial charge on any atom is -0.497 e. The summed E-state index contributed by atoms with van der Waals surface area (Å²) in [6, 6.07) is 19.4. The summed E-state index contributed by atoms with van der Waals surface area (Å²) < 4.78 is 5.18. The molecule has 0 aliphatic heterocycles. The molecule has 24 heavy (non-hydrogen) atoms. The summed E-state index contributed by atoms with van der Waals surface area (Å²) in [5.74, 6) is 2.38. The highest BCUT2D eigenvalue weighted by Crippen LogP contribution is 2.40. The smallest absolute Gasteiger partial charge is 0.191 e. The molecule has 4 nitrogen and oxygen atoms in total. The Hall–Kier alpha value is -2.49. The van der Waals surface area contributed by atoms with E-state index in [1.165, 1.54) is 17.5 Å². The number of nitrogens with one attached hydrogen (secondary N) is 2. The van der Waals surface area contributed by atoms with Gasteiger partial charge in [-0.05, 0) is 36.1 Å². The van der Waals surface area contributed by atoms with E-state index in [4.69, 9.17) is 4.74 Å². The zero-order valence-electron chi connectivity index (χ0n) is 14.3. The third kappa shape index (κ3) is 4.28. The van der Waals surface area contributed by atoms with Crippen molar-refractivity contribution >= 4 is 5.96 Å². The minimum atomic E-state index is 0.486. The molecule has 2 aromatic carbocycles. The number of methoxy groups -OCH3 is 1. The van der Waals surface area contributed by atoms with Crippen LogP contribution in [0.5, 0.6) is 5.75 Å². The van der Waals surface area contributed by atoms with Crippen molar-refractivity contribution in [2.45, 2.75) is 24.8 Å². The van der Waals surface area contributed by atoms with Gasteiger partial charge in [-0.3, -0.25) is 4.99 Å². The Bertz CT molecular complexity index is 667. The molecule has 0 bridgehead atoms. The van der Waals surface area contributed by atoms with Crippen molar-refractivity contribution in [2.75, 3.05) is 20.7 Å². The van der Waals surface area contributed by atoms with Crippen LogP contribution in [0.3, 0.4) is 0 Å². The normalized spacial score (nSPS) is 19.7. The van der Waals surface area contributed by atoms with Crippen molar-refractivity contribution in [1.82, 2.24) is 10.6 Å². The molecule has 2 aromatic rings. The number of aliphatic imine (C=N–C) groups is 1. The maximum atomic E-state index is 5.18. The highest BCUT2D eigenvalue weighted by molar-refractivity contribution is 5.80. The van der Waals surface area contributed by atoms with Gasteiger partial charge in [-0.1, -0.05) is 42.5 Å². The Morgan fingerprint density at radius 2 is 1.88 bits per heavy atom. The predicted octanol–water partition coefficient (Wildman–Crippen LogP) is 2.96. The molecule has 3 rings (SSSR count). The molecule has 0 amide bonds. The van der Waals surface area contributed by atoms with Crippen molar-refractivity contribution in [3.8, 4) is 5.75 Å². The predicted molar refractivity (Wildman–Crippen MR) is 98.8 cm³/mol. The first-order valence-electron chi connectivity index (χ1n) is 8.45. The second kappa shape index (κ2) is 7.86. The maximum absolute atomic E-state index is 5.18. The van der Waals surface area contributed by atoms with E-state index in [0.29, 0.717) is 12.0 Å². The van der Waals surface area contributed by atoms with Gasteiger partial charge in [-0.15, -0.1) is 0 Å². The SMILES string of the molecule is CN=C(NCCc1ccc(OC)cc1)NC1CC1c1ccccc1. The topological polar surface area (TPSA) is 45.7 Å². The highest BCUT2D eigenvalue weighted by atomic mass is 16.5. The average molecular weight is 323 g/mol. The first kappa shape index (κ1) is 16.4. The third-order valence-electron chi connectivity index (χ3n) is 4.43. The first-order chi connectivity index (χ1) is 11.8. The number of hydrogen-bond acceptors (Lipinski definition) is 2. The van der Waals surface area contributed by atoms with Gasteiger partial charge in [0.2, 0.25) is 0 Å². The molecule has 1 aliphatic rings. The summed E-state index contributed by atoms with van der Waals surface area (Å²) in [4.78, 5) is 4.33. The lowest BCUT2D eigenvalue weighted by Gasteiger charge is -2.12. The van der Waals surface area contributed by atoms with Crippen molar-refractivity contribution < 1.29 is 4.74 Å². The third-order valence-corrected chi connectivity index (χ3v) is 4.43. The van der Waals surface area contributed by atoms with Gasteiger partial charge in [0, 0.05) is 25.6 Å². The average Bonchev–Trinajstić information content (AvgIpc) is 3.41. The number of guanidine groups is 1. The van der Waals surface area contributed by atoms with Gasteiger partial charge in [0.05, 0.1) is 7.11 Å².